The molecule has 0 bridgehead atoms. The maximum Gasteiger partial charge on any atom is 0.240 e. The van der Waals surface area contributed by atoms with Gasteiger partial charge < -0.3 is 15.1 Å². The van der Waals surface area contributed by atoms with Gasteiger partial charge in [-0.2, -0.15) is 0 Å². The number of hydrogen-bond acceptors (Lipinski definition) is 6. The van der Waals surface area contributed by atoms with Crippen molar-refractivity contribution in [2.75, 3.05) is 38.1 Å². The third-order valence-electron chi connectivity index (χ3n) is 7.93. The van der Waals surface area contributed by atoms with Crippen molar-refractivity contribution < 1.29 is 17.6 Å². The summed E-state index contributed by atoms with van der Waals surface area (Å²) < 4.78 is 42.4. The highest BCUT2D eigenvalue weighted by atomic mass is 32.2. The van der Waals surface area contributed by atoms with Crippen LogP contribution < -0.4 is 14.9 Å². The number of likely N-dealkylation sites (N-methyl/N-ethyl adjacent to an activating group) is 1. The first kappa shape index (κ1) is 27.5. The maximum absolute atomic E-state index is 13.2. The van der Waals surface area contributed by atoms with Crippen LogP contribution in [0.4, 0.5) is 10.2 Å². The molecule has 1 aromatic heterocycles. The number of pyridine rings is 1. The van der Waals surface area contributed by atoms with Crippen LogP contribution in [-0.4, -0.2) is 63.5 Å². The zero-order valence-corrected chi connectivity index (χ0v) is 23.3. The highest BCUT2D eigenvalue weighted by molar-refractivity contribution is 7.89. The number of fused-ring (bicyclic) bond motifs is 1. The van der Waals surface area contributed by atoms with Crippen molar-refractivity contribution in [1.29, 1.82) is 0 Å². The van der Waals surface area contributed by atoms with E-state index in [0.29, 0.717) is 25.7 Å². The van der Waals surface area contributed by atoms with E-state index >= 15 is 0 Å². The van der Waals surface area contributed by atoms with Crippen molar-refractivity contribution in [3.8, 4) is 0 Å². The number of piperazine rings is 1. The molecular weight excluding hydrogens is 517 g/mol. The SMILES string of the molecule is CC(NC(=O)C1CCC(NS(=O)(=O)c2ccc3nc(N4CCN(C)CC4)ccc3c2)CC1)c1ccc(F)cc1. The van der Waals surface area contributed by atoms with Gasteiger partial charge in [0.15, 0.2) is 0 Å². The number of anilines is 1. The Kier molecular flexibility index (Phi) is 8.16. The Hall–Kier alpha value is -3.08. The Labute approximate surface area is 229 Å². The molecule has 1 saturated carbocycles. The number of carbonyl (C=O) groups is 1. The van der Waals surface area contributed by atoms with E-state index < -0.39 is 10.0 Å². The molecule has 1 saturated heterocycles. The lowest BCUT2D eigenvalue weighted by Gasteiger charge is -2.33. The van der Waals surface area contributed by atoms with Crippen LogP contribution in [0.15, 0.2) is 59.5 Å². The molecule has 5 rings (SSSR count). The standard InChI is InChI=1S/C29H36FN5O3S/c1-20(21-3-8-24(30)9-4-21)31-29(36)22-5-10-25(11-6-22)33-39(37,38)26-12-13-27-23(19-26)7-14-28(32-27)35-17-15-34(2)16-18-35/h3-4,7-9,12-14,19-20,22,25,33H,5-6,10-11,15-18H2,1-2H3,(H,31,36). The molecule has 2 aliphatic rings. The lowest BCUT2D eigenvalue weighted by molar-refractivity contribution is -0.126. The molecule has 2 fully saturated rings. The molecule has 39 heavy (non-hydrogen) atoms. The second kappa shape index (κ2) is 11.6. The highest BCUT2D eigenvalue weighted by Gasteiger charge is 2.30. The molecule has 1 atom stereocenters. The predicted octanol–water partition coefficient (Wildman–Crippen LogP) is 3.84. The van der Waals surface area contributed by atoms with E-state index in [1.807, 2.05) is 19.1 Å². The first-order chi connectivity index (χ1) is 18.7. The molecule has 2 aromatic carbocycles. The maximum atomic E-state index is 13.2. The van der Waals surface area contributed by atoms with Crippen LogP contribution in [0.1, 0.15) is 44.2 Å². The zero-order chi connectivity index (χ0) is 27.6. The normalized spacial score (nSPS) is 21.6. The average molecular weight is 554 g/mol. The minimum atomic E-state index is -3.71. The summed E-state index contributed by atoms with van der Waals surface area (Å²) in [6.45, 7) is 5.69. The average Bonchev–Trinajstić information content (AvgIpc) is 2.93. The number of hydrogen-bond donors (Lipinski definition) is 2. The van der Waals surface area contributed by atoms with E-state index in [0.717, 1.165) is 48.5 Å². The van der Waals surface area contributed by atoms with Gasteiger partial charge in [-0.1, -0.05) is 12.1 Å². The number of nitrogens with zero attached hydrogens (tertiary/aromatic N) is 3. The van der Waals surface area contributed by atoms with Gasteiger partial charge in [0.25, 0.3) is 0 Å². The van der Waals surface area contributed by atoms with Gasteiger partial charge >= 0.3 is 0 Å². The van der Waals surface area contributed by atoms with Crippen LogP contribution >= 0.6 is 0 Å². The largest absolute Gasteiger partial charge is 0.354 e. The van der Waals surface area contributed by atoms with Gasteiger partial charge in [-0.25, -0.2) is 22.5 Å². The second-order valence-electron chi connectivity index (χ2n) is 10.8. The summed E-state index contributed by atoms with van der Waals surface area (Å²) in [6.07, 6.45) is 2.38. The van der Waals surface area contributed by atoms with E-state index in [1.165, 1.54) is 12.1 Å². The van der Waals surface area contributed by atoms with Gasteiger partial charge in [0.05, 0.1) is 16.5 Å². The Balaban J connectivity index is 1.16. The second-order valence-corrected chi connectivity index (χ2v) is 12.5. The van der Waals surface area contributed by atoms with Crippen molar-refractivity contribution in [2.45, 2.75) is 49.6 Å². The predicted molar refractivity (Wildman–Crippen MR) is 150 cm³/mol. The monoisotopic (exact) mass is 553 g/mol. The van der Waals surface area contributed by atoms with E-state index in [4.69, 9.17) is 4.98 Å². The summed E-state index contributed by atoms with van der Waals surface area (Å²) in [5.41, 5.74) is 1.61. The Morgan fingerprint density at radius 2 is 1.67 bits per heavy atom. The van der Waals surface area contributed by atoms with Crippen LogP contribution in [0.3, 0.4) is 0 Å². The number of aromatic nitrogens is 1. The summed E-state index contributed by atoms with van der Waals surface area (Å²) in [5.74, 6) is 0.381. The minimum absolute atomic E-state index is 0.0499. The third kappa shape index (κ3) is 6.57. The third-order valence-corrected chi connectivity index (χ3v) is 9.45. The van der Waals surface area contributed by atoms with Gasteiger partial charge in [0.2, 0.25) is 15.9 Å². The number of nitrogens with one attached hydrogen (secondary N) is 2. The number of benzene rings is 2. The molecule has 10 heteroatoms. The summed E-state index contributed by atoms with van der Waals surface area (Å²) in [7, 11) is -1.60. The van der Waals surface area contributed by atoms with E-state index in [2.05, 4.69) is 26.9 Å². The smallest absolute Gasteiger partial charge is 0.240 e. The number of rotatable bonds is 7. The van der Waals surface area contributed by atoms with Crippen molar-refractivity contribution in [3.63, 3.8) is 0 Å². The Bertz CT molecular complexity index is 1420. The van der Waals surface area contributed by atoms with Crippen LogP contribution in [-0.2, 0) is 14.8 Å². The van der Waals surface area contributed by atoms with Crippen LogP contribution in [0.25, 0.3) is 10.9 Å². The van der Waals surface area contributed by atoms with Crippen LogP contribution in [0, 0.1) is 11.7 Å². The molecule has 0 spiro atoms. The summed E-state index contributed by atoms with van der Waals surface area (Å²) in [6, 6.07) is 14.6. The lowest BCUT2D eigenvalue weighted by atomic mass is 9.85. The molecule has 3 aromatic rings. The first-order valence-corrected chi connectivity index (χ1v) is 15.1. The number of halogens is 1. The van der Waals surface area contributed by atoms with Crippen molar-refractivity contribution in [2.24, 2.45) is 5.92 Å². The molecule has 1 aliphatic carbocycles. The molecular formula is C29H36FN5O3S. The Morgan fingerprint density at radius 1 is 0.974 bits per heavy atom. The van der Waals surface area contributed by atoms with Gasteiger partial charge in [-0.05, 0) is 87.7 Å². The fourth-order valence-corrected chi connectivity index (χ4v) is 6.74. The number of sulfonamides is 1. The van der Waals surface area contributed by atoms with Crippen LogP contribution in [0.2, 0.25) is 0 Å². The number of carbonyl (C=O) groups excluding carboxylic acids is 1. The van der Waals surface area contributed by atoms with E-state index in [-0.39, 0.29) is 34.6 Å². The van der Waals surface area contributed by atoms with E-state index in [1.54, 1.807) is 30.3 Å². The van der Waals surface area contributed by atoms with Crippen molar-refractivity contribution >= 4 is 32.7 Å². The van der Waals surface area contributed by atoms with Crippen molar-refractivity contribution in [1.82, 2.24) is 19.9 Å². The molecule has 0 radical (unpaired) electrons. The van der Waals surface area contributed by atoms with Gasteiger partial charge in [0, 0.05) is 43.5 Å². The van der Waals surface area contributed by atoms with Gasteiger partial charge in [-0.3, -0.25) is 4.79 Å². The zero-order valence-electron chi connectivity index (χ0n) is 22.4. The lowest BCUT2D eigenvalue weighted by Crippen LogP contribution is -2.44. The summed E-state index contributed by atoms with van der Waals surface area (Å²) in [5, 5.41) is 3.79. The molecule has 2 N–H and O–H groups in total. The number of amides is 1. The molecule has 1 aliphatic heterocycles. The van der Waals surface area contributed by atoms with Gasteiger partial charge in [-0.15, -0.1) is 0 Å². The fraction of sp³-hybridized carbons (Fsp3) is 0.448. The topological polar surface area (TPSA) is 94.6 Å². The summed E-state index contributed by atoms with van der Waals surface area (Å²) in [4.78, 5) is 22.3. The van der Waals surface area contributed by atoms with E-state index in [9.17, 15) is 17.6 Å². The Morgan fingerprint density at radius 3 is 2.36 bits per heavy atom. The van der Waals surface area contributed by atoms with Crippen LogP contribution in [0.5, 0.6) is 0 Å². The molecule has 1 unspecified atom stereocenters. The summed E-state index contributed by atoms with van der Waals surface area (Å²) >= 11 is 0. The molecule has 8 nitrogen and oxygen atoms in total. The first-order valence-electron chi connectivity index (χ1n) is 13.6. The van der Waals surface area contributed by atoms with Gasteiger partial charge in [0.1, 0.15) is 11.6 Å². The minimum Gasteiger partial charge on any atom is -0.354 e. The molecule has 208 valence electrons. The quantitative estimate of drug-likeness (QED) is 0.462. The fourth-order valence-electron chi connectivity index (χ4n) is 5.40. The molecule has 1 amide bonds. The molecule has 2 heterocycles. The van der Waals surface area contributed by atoms with Crippen molar-refractivity contribution in [3.05, 3.63) is 66.0 Å². The highest BCUT2D eigenvalue weighted by Crippen LogP contribution is 2.28.